The van der Waals surface area contributed by atoms with Gasteiger partial charge >= 0.3 is 5.97 Å². The molecule has 112 valence electrons. The normalized spacial score (nSPS) is 29.3. The van der Waals surface area contributed by atoms with Gasteiger partial charge in [0.1, 0.15) is 6.10 Å². The maximum atomic E-state index is 11.9. The van der Waals surface area contributed by atoms with Gasteiger partial charge in [-0.1, -0.05) is 34.1 Å². The number of hydrogen-bond acceptors (Lipinski definition) is 3. The first-order valence-electron chi connectivity index (χ1n) is 7.86. The van der Waals surface area contributed by atoms with Crippen LogP contribution in [0.25, 0.3) is 0 Å². The average Bonchev–Trinajstić information content (AvgIpc) is 2.35. The summed E-state index contributed by atoms with van der Waals surface area (Å²) < 4.78 is 5.73. The van der Waals surface area contributed by atoms with Crippen LogP contribution in [0.2, 0.25) is 0 Å². The van der Waals surface area contributed by atoms with Gasteiger partial charge in [0.2, 0.25) is 0 Å². The summed E-state index contributed by atoms with van der Waals surface area (Å²) in [7, 11) is 0. The van der Waals surface area contributed by atoms with Crippen LogP contribution in [0.3, 0.4) is 0 Å². The molecule has 0 aromatic carbocycles. The zero-order chi connectivity index (χ0) is 14.4. The first kappa shape index (κ1) is 16.5. The van der Waals surface area contributed by atoms with Crippen molar-refractivity contribution in [3.63, 3.8) is 0 Å². The maximum Gasteiger partial charge on any atom is 0.320 e. The number of ether oxygens (including phenoxy) is 1. The van der Waals surface area contributed by atoms with Crippen LogP contribution in [0.15, 0.2) is 0 Å². The Morgan fingerprint density at radius 2 is 2.00 bits per heavy atom. The van der Waals surface area contributed by atoms with Crippen molar-refractivity contribution < 1.29 is 9.53 Å². The number of nitrogens with one attached hydrogen (secondary N) is 1. The Kier molecular flexibility index (Phi) is 6.84. The zero-order valence-corrected chi connectivity index (χ0v) is 13.2. The minimum Gasteiger partial charge on any atom is -0.461 e. The molecule has 1 fully saturated rings. The van der Waals surface area contributed by atoms with E-state index in [1.807, 2.05) is 0 Å². The van der Waals surface area contributed by atoms with Crippen LogP contribution < -0.4 is 5.32 Å². The second-order valence-electron chi connectivity index (χ2n) is 6.54. The lowest BCUT2D eigenvalue weighted by atomic mass is 9.75. The molecule has 4 atom stereocenters. The lowest BCUT2D eigenvalue weighted by Crippen LogP contribution is -2.39. The summed E-state index contributed by atoms with van der Waals surface area (Å²) in [5, 5.41) is 3.20. The molecular formula is C16H31NO2. The molecule has 0 saturated heterocycles. The van der Waals surface area contributed by atoms with E-state index in [0.29, 0.717) is 30.3 Å². The number of hydrogen-bond donors (Lipinski definition) is 1. The van der Waals surface area contributed by atoms with Crippen molar-refractivity contribution in [2.45, 2.75) is 72.4 Å². The third kappa shape index (κ3) is 5.52. The molecule has 0 aromatic heterocycles. The van der Waals surface area contributed by atoms with Gasteiger partial charge in [-0.3, -0.25) is 4.79 Å². The molecule has 1 aliphatic rings. The summed E-state index contributed by atoms with van der Waals surface area (Å²) in [5.74, 6) is 1.71. The molecule has 1 aliphatic carbocycles. The van der Waals surface area contributed by atoms with Crippen LogP contribution in [-0.4, -0.2) is 24.7 Å². The first-order valence-corrected chi connectivity index (χ1v) is 7.86. The maximum absolute atomic E-state index is 11.9. The van der Waals surface area contributed by atoms with E-state index in [-0.39, 0.29) is 12.1 Å². The van der Waals surface area contributed by atoms with Crippen LogP contribution >= 0.6 is 0 Å². The third-order valence-corrected chi connectivity index (χ3v) is 4.45. The van der Waals surface area contributed by atoms with Gasteiger partial charge in [-0.15, -0.1) is 0 Å². The van der Waals surface area contributed by atoms with Gasteiger partial charge in [-0.05, 0) is 43.9 Å². The van der Waals surface area contributed by atoms with E-state index in [1.165, 1.54) is 12.8 Å². The van der Waals surface area contributed by atoms with Gasteiger partial charge < -0.3 is 10.1 Å². The molecule has 3 heteroatoms. The Morgan fingerprint density at radius 1 is 1.32 bits per heavy atom. The van der Waals surface area contributed by atoms with Gasteiger partial charge in [-0.25, -0.2) is 0 Å². The van der Waals surface area contributed by atoms with Gasteiger partial charge in [0.25, 0.3) is 0 Å². The molecule has 0 amide bonds. The average molecular weight is 269 g/mol. The largest absolute Gasteiger partial charge is 0.461 e. The Hall–Kier alpha value is -0.570. The fraction of sp³-hybridized carbons (Fsp3) is 0.938. The molecule has 0 bridgehead atoms. The molecule has 1 N–H and O–H groups in total. The van der Waals surface area contributed by atoms with E-state index in [4.69, 9.17) is 4.74 Å². The SMILES string of the molecule is CCC(C)NCC(=O)OC1CC(C)CCC1C(C)C. The highest BCUT2D eigenvalue weighted by Crippen LogP contribution is 2.35. The number of rotatable bonds is 6. The fourth-order valence-corrected chi connectivity index (χ4v) is 2.86. The summed E-state index contributed by atoms with van der Waals surface area (Å²) in [5.41, 5.74) is 0. The van der Waals surface area contributed by atoms with Crippen LogP contribution in [0.4, 0.5) is 0 Å². The Balaban J connectivity index is 2.44. The smallest absolute Gasteiger partial charge is 0.320 e. The summed E-state index contributed by atoms with van der Waals surface area (Å²) in [4.78, 5) is 11.9. The molecular weight excluding hydrogens is 238 g/mol. The van der Waals surface area contributed by atoms with E-state index in [1.54, 1.807) is 0 Å². The first-order chi connectivity index (χ1) is 8.93. The minimum atomic E-state index is -0.0925. The highest BCUT2D eigenvalue weighted by Gasteiger charge is 2.33. The van der Waals surface area contributed by atoms with Crippen LogP contribution in [0.5, 0.6) is 0 Å². The van der Waals surface area contributed by atoms with Crippen molar-refractivity contribution in [1.29, 1.82) is 0 Å². The van der Waals surface area contributed by atoms with E-state index in [0.717, 1.165) is 12.8 Å². The second kappa shape index (κ2) is 7.88. The Morgan fingerprint density at radius 3 is 2.58 bits per heavy atom. The monoisotopic (exact) mass is 269 g/mol. The molecule has 19 heavy (non-hydrogen) atoms. The summed E-state index contributed by atoms with van der Waals surface area (Å²) in [6.45, 7) is 11.3. The van der Waals surface area contributed by atoms with Crippen LogP contribution in [0, 0.1) is 17.8 Å². The Bertz CT molecular complexity index is 278. The van der Waals surface area contributed by atoms with Gasteiger partial charge in [0.15, 0.2) is 0 Å². The molecule has 1 rings (SSSR count). The molecule has 0 aliphatic heterocycles. The molecule has 3 nitrogen and oxygen atoms in total. The van der Waals surface area contributed by atoms with Crippen molar-refractivity contribution in [3.05, 3.63) is 0 Å². The zero-order valence-electron chi connectivity index (χ0n) is 13.2. The Labute approximate surface area is 118 Å². The van der Waals surface area contributed by atoms with Gasteiger partial charge in [0, 0.05) is 6.04 Å². The van der Waals surface area contributed by atoms with Gasteiger partial charge in [-0.2, -0.15) is 0 Å². The topological polar surface area (TPSA) is 38.3 Å². The summed E-state index contributed by atoms with van der Waals surface area (Å²) in [6.07, 6.45) is 4.63. The predicted octanol–water partition coefficient (Wildman–Crippen LogP) is 3.38. The minimum absolute atomic E-state index is 0.0925. The standard InChI is InChI=1S/C16H31NO2/c1-6-13(5)17-10-16(18)19-15-9-12(4)7-8-14(15)11(2)3/h11-15,17H,6-10H2,1-5H3. The van der Waals surface area contributed by atoms with E-state index < -0.39 is 0 Å². The van der Waals surface area contributed by atoms with Crippen molar-refractivity contribution in [3.8, 4) is 0 Å². The number of esters is 1. The molecule has 1 saturated carbocycles. The summed E-state index contributed by atoms with van der Waals surface area (Å²) >= 11 is 0. The van der Waals surface area contributed by atoms with Crippen LogP contribution in [0.1, 0.15) is 60.3 Å². The number of carbonyl (C=O) groups excluding carboxylic acids is 1. The third-order valence-electron chi connectivity index (χ3n) is 4.45. The quantitative estimate of drug-likeness (QED) is 0.751. The fourth-order valence-electron chi connectivity index (χ4n) is 2.86. The van der Waals surface area contributed by atoms with Crippen molar-refractivity contribution in [1.82, 2.24) is 5.32 Å². The number of carbonyl (C=O) groups is 1. The molecule has 0 radical (unpaired) electrons. The van der Waals surface area contributed by atoms with E-state index in [2.05, 4.69) is 39.9 Å². The highest BCUT2D eigenvalue weighted by molar-refractivity contribution is 5.71. The van der Waals surface area contributed by atoms with Gasteiger partial charge in [0.05, 0.1) is 6.54 Å². The summed E-state index contributed by atoms with van der Waals surface area (Å²) in [6, 6.07) is 0.374. The molecule has 0 aromatic rings. The van der Waals surface area contributed by atoms with Crippen LogP contribution in [-0.2, 0) is 9.53 Å². The van der Waals surface area contributed by atoms with Crippen molar-refractivity contribution in [2.75, 3.05) is 6.54 Å². The lowest BCUT2D eigenvalue weighted by Gasteiger charge is -2.36. The highest BCUT2D eigenvalue weighted by atomic mass is 16.5. The van der Waals surface area contributed by atoms with E-state index in [9.17, 15) is 4.79 Å². The van der Waals surface area contributed by atoms with Crippen molar-refractivity contribution in [2.24, 2.45) is 17.8 Å². The molecule has 0 spiro atoms. The molecule has 0 heterocycles. The van der Waals surface area contributed by atoms with Crippen molar-refractivity contribution >= 4 is 5.97 Å². The van der Waals surface area contributed by atoms with E-state index >= 15 is 0 Å². The lowest BCUT2D eigenvalue weighted by molar-refractivity contribution is -0.154. The predicted molar refractivity (Wildman–Crippen MR) is 79.0 cm³/mol. The second-order valence-corrected chi connectivity index (χ2v) is 6.54. The molecule has 4 unspecified atom stereocenters.